The number of benzene rings is 1. The molecule has 4 nitrogen and oxygen atoms in total. The van der Waals surface area contributed by atoms with Crippen LogP contribution in [-0.4, -0.2) is 17.7 Å². The highest BCUT2D eigenvalue weighted by atomic mass is 35.5. The Hall–Kier alpha value is -1.50. The van der Waals surface area contributed by atoms with Gasteiger partial charge in [-0.15, -0.1) is 0 Å². The third kappa shape index (κ3) is 3.93. The van der Waals surface area contributed by atoms with Crippen molar-refractivity contribution in [2.45, 2.75) is 6.18 Å². The SMILES string of the molecule is O=[N+]([O-])c1cc(Cl)cc(OCC(F)(F)F)c1. The summed E-state index contributed by atoms with van der Waals surface area (Å²) in [5, 5.41) is 10.3. The summed E-state index contributed by atoms with van der Waals surface area (Å²) >= 11 is 5.48. The van der Waals surface area contributed by atoms with Gasteiger partial charge in [-0.2, -0.15) is 13.2 Å². The number of ether oxygens (including phenoxy) is 1. The number of alkyl halides is 3. The van der Waals surface area contributed by atoms with Crippen molar-refractivity contribution in [2.75, 3.05) is 6.61 Å². The second kappa shape index (κ2) is 4.56. The molecule has 0 atom stereocenters. The first-order valence-electron chi connectivity index (χ1n) is 3.92. The average molecular weight is 256 g/mol. The van der Waals surface area contributed by atoms with Gasteiger partial charge in [0.05, 0.1) is 16.0 Å². The molecule has 8 heteroatoms. The van der Waals surface area contributed by atoms with E-state index in [2.05, 4.69) is 4.74 Å². The van der Waals surface area contributed by atoms with Crippen molar-refractivity contribution in [2.24, 2.45) is 0 Å². The lowest BCUT2D eigenvalue weighted by Crippen LogP contribution is -2.19. The number of non-ortho nitro benzene ring substituents is 1. The molecular weight excluding hydrogens is 251 g/mol. The molecule has 1 aromatic carbocycles. The zero-order chi connectivity index (χ0) is 12.3. The lowest BCUT2D eigenvalue weighted by molar-refractivity contribution is -0.384. The molecule has 0 saturated heterocycles. The van der Waals surface area contributed by atoms with Crippen molar-refractivity contribution in [3.8, 4) is 5.75 Å². The standard InChI is InChI=1S/C8H5ClF3NO3/c9-5-1-6(13(14)15)3-7(2-5)16-4-8(10,11)12/h1-3H,4H2. The summed E-state index contributed by atoms with van der Waals surface area (Å²) in [7, 11) is 0. The number of nitro benzene ring substituents is 1. The minimum atomic E-state index is -4.50. The molecule has 0 unspecified atom stereocenters. The van der Waals surface area contributed by atoms with Crippen LogP contribution in [0.25, 0.3) is 0 Å². The molecule has 0 amide bonds. The molecule has 0 fully saturated rings. The molecule has 1 rings (SSSR count). The minimum absolute atomic E-state index is 0.0635. The van der Waals surface area contributed by atoms with Gasteiger partial charge in [-0.3, -0.25) is 10.1 Å². The number of nitro groups is 1. The van der Waals surface area contributed by atoms with E-state index in [0.29, 0.717) is 0 Å². The molecule has 0 aliphatic heterocycles. The van der Waals surface area contributed by atoms with E-state index in [-0.39, 0.29) is 10.8 Å². The van der Waals surface area contributed by atoms with E-state index in [1.807, 2.05) is 0 Å². The van der Waals surface area contributed by atoms with Gasteiger partial charge in [-0.05, 0) is 6.07 Å². The number of nitrogens with zero attached hydrogens (tertiary/aromatic N) is 1. The van der Waals surface area contributed by atoms with Crippen LogP contribution in [0.5, 0.6) is 5.75 Å². The van der Waals surface area contributed by atoms with Crippen molar-refractivity contribution >= 4 is 17.3 Å². The Morgan fingerprint density at radius 3 is 2.50 bits per heavy atom. The van der Waals surface area contributed by atoms with E-state index in [1.54, 1.807) is 0 Å². The highest BCUT2D eigenvalue weighted by Crippen LogP contribution is 2.27. The molecule has 0 spiro atoms. The summed E-state index contributed by atoms with van der Waals surface area (Å²) in [6.45, 7) is -1.52. The maximum atomic E-state index is 11.8. The molecule has 0 aliphatic carbocycles. The first-order chi connectivity index (χ1) is 7.28. The van der Waals surface area contributed by atoms with Gasteiger partial charge in [0, 0.05) is 6.07 Å². The van der Waals surface area contributed by atoms with Crippen molar-refractivity contribution in [3.05, 3.63) is 33.3 Å². The first-order valence-corrected chi connectivity index (χ1v) is 4.30. The van der Waals surface area contributed by atoms with Crippen LogP contribution in [-0.2, 0) is 0 Å². The van der Waals surface area contributed by atoms with Gasteiger partial charge in [0.15, 0.2) is 6.61 Å². The fraction of sp³-hybridized carbons (Fsp3) is 0.250. The normalized spacial score (nSPS) is 11.2. The second-order valence-electron chi connectivity index (χ2n) is 2.81. The molecule has 0 bridgehead atoms. The molecule has 0 radical (unpaired) electrons. The Morgan fingerprint density at radius 1 is 1.38 bits per heavy atom. The van der Waals surface area contributed by atoms with Crippen LogP contribution in [0.3, 0.4) is 0 Å². The first kappa shape index (κ1) is 12.6. The van der Waals surface area contributed by atoms with Crippen molar-refractivity contribution in [1.82, 2.24) is 0 Å². The summed E-state index contributed by atoms with van der Waals surface area (Å²) in [6, 6.07) is 2.96. The van der Waals surface area contributed by atoms with Crippen LogP contribution >= 0.6 is 11.6 Å². The van der Waals surface area contributed by atoms with Gasteiger partial charge < -0.3 is 4.74 Å². The van der Waals surface area contributed by atoms with Crippen LogP contribution in [0, 0.1) is 10.1 Å². The fourth-order valence-electron chi connectivity index (χ4n) is 0.902. The van der Waals surface area contributed by atoms with Gasteiger partial charge in [0.2, 0.25) is 0 Å². The third-order valence-corrected chi connectivity index (χ3v) is 1.69. The molecule has 88 valence electrons. The van der Waals surface area contributed by atoms with E-state index >= 15 is 0 Å². The Labute approximate surface area is 92.7 Å². The second-order valence-corrected chi connectivity index (χ2v) is 3.24. The van der Waals surface area contributed by atoms with Crippen LogP contribution < -0.4 is 4.74 Å². The van der Waals surface area contributed by atoms with E-state index < -0.39 is 23.4 Å². The number of hydrogen-bond acceptors (Lipinski definition) is 3. The summed E-state index contributed by atoms with van der Waals surface area (Å²) < 4.78 is 39.8. The van der Waals surface area contributed by atoms with E-state index in [0.717, 1.165) is 18.2 Å². The Morgan fingerprint density at radius 2 is 2.00 bits per heavy atom. The Kier molecular flexibility index (Phi) is 3.58. The van der Waals surface area contributed by atoms with E-state index in [4.69, 9.17) is 11.6 Å². The predicted molar refractivity (Wildman–Crippen MR) is 49.7 cm³/mol. The van der Waals surface area contributed by atoms with Gasteiger partial charge in [0.1, 0.15) is 5.75 Å². The Balaban J connectivity index is 2.85. The molecule has 16 heavy (non-hydrogen) atoms. The minimum Gasteiger partial charge on any atom is -0.484 e. The largest absolute Gasteiger partial charge is 0.484 e. The monoisotopic (exact) mass is 255 g/mol. The van der Waals surface area contributed by atoms with Crippen LogP contribution in [0.1, 0.15) is 0 Å². The third-order valence-electron chi connectivity index (χ3n) is 1.47. The van der Waals surface area contributed by atoms with E-state index in [9.17, 15) is 23.3 Å². The molecule has 0 N–H and O–H groups in total. The summed E-state index contributed by atoms with van der Waals surface area (Å²) in [6.07, 6.45) is -4.50. The van der Waals surface area contributed by atoms with Gasteiger partial charge in [-0.1, -0.05) is 11.6 Å². The molecule has 0 aliphatic rings. The lowest BCUT2D eigenvalue weighted by atomic mass is 10.3. The van der Waals surface area contributed by atoms with Gasteiger partial charge in [-0.25, -0.2) is 0 Å². The number of halogens is 4. The smallest absolute Gasteiger partial charge is 0.422 e. The van der Waals surface area contributed by atoms with Crippen molar-refractivity contribution in [1.29, 1.82) is 0 Å². The molecule has 1 aromatic rings. The van der Waals surface area contributed by atoms with Gasteiger partial charge in [0.25, 0.3) is 5.69 Å². The van der Waals surface area contributed by atoms with E-state index in [1.165, 1.54) is 0 Å². The summed E-state index contributed by atoms with van der Waals surface area (Å²) in [5.74, 6) is -0.295. The quantitative estimate of drug-likeness (QED) is 0.616. The maximum absolute atomic E-state index is 11.8. The number of hydrogen-bond donors (Lipinski definition) is 0. The predicted octanol–water partition coefficient (Wildman–Crippen LogP) is 3.19. The van der Waals surface area contributed by atoms with Crippen LogP contribution in [0.2, 0.25) is 5.02 Å². The average Bonchev–Trinajstić information content (AvgIpc) is 2.13. The van der Waals surface area contributed by atoms with Crippen LogP contribution in [0.15, 0.2) is 18.2 Å². The maximum Gasteiger partial charge on any atom is 0.422 e. The highest BCUT2D eigenvalue weighted by molar-refractivity contribution is 6.30. The molecule has 0 aromatic heterocycles. The Bertz CT molecular complexity index is 408. The molecule has 0 saturated carbocycles. The van der Waals surface area contributed by atoms with Gasteiger partial charge >= 0.3 is 6.18 Å². The fourth-order valence-corrected chi connectivity index (χ4v) is 1.12. The number of rotatable bonds is 3. The summed E-state index contributed by atoms with van der Waals surface area (Å²) in [4.78, 5) is 9.60. The lowest BCUT2D eigenvalue weighted by Gasteiger charge is -2.08. The zero-order valence-corrected chi connectivity index (χ0v) is 8.38. The molecular formula is C8H5ClF3NO3. The van der Waals surface area contributed by atoms with Crippen molar-refractivity contribution in [3.63, 3.8) is 0 Å². The molecule has 0 heterocycles. The highest BCUT2D eigenvalue weighted by Gasteiger charge is 2.28. The van der Waals surface area contributed by atoms with Crippen LogP contribution in [0.4, 0.5) is 18.9 Å². The summed E-state index contributed by atoms with van der Waals surface area (Å²) in [5.41, 5.74) is -0.426. The van der Waals surface area contributed by atoms with Crippen molar-refractivity contribution < 1.29 is 22.8 Å². The topological polar surface area (TPSA) is 52.4 Å². The zero-order valence-electron chi connectivity index (χ0n) is 7.62.